The number of rotatable bonds is 5. The minimum Gasteiger partial charge on any atom is -0.459 e. The van der Waals surface area contributed by atoms with Gasteiger partial charge in [0.25, 0.3) is 0 Å². The van der Waals surface area contributed by atoms with Crippen molar-refractivity contribution in [2.45, 2.75) is 20.8 Å². The molecular formula is C13H17NO4. The molecule has 0 amide bonds. The predicted molar refractivity (Wildman–Crippen MR) is 66.3 cm³/mol. The molecular weight excluding hydrogens is 234 g/mol. The smallest absolute Gasteiger partial charge is 0.340 e. The highest BCUT2D eigenvalue weighted by molar-refractivity contribution is 5.92. The van der Waals surface area contributed by atoms with E-state index < -0.39 is 11.9 Å². The number of aromatic amines is 1. The Labute approximate surface area is 106 Å². The number of carbonyl (C=O) groups is 2. The van der Waals surface area contributed by atoms with Gasteiger partial charge in [-0.1, -0.05) is 6.58 Å². The number of hydrogen-bond donors (Lipinski definition) is 1. The van der Waals surface area contributed by atoms with E-state index in [9.17, 15) is 9.59 Å². The monoisotopic (exact) mass is 251 g/mol. The SMILES string of the molecule is C=C(C)C(=O)OCCOC(=O)c1c(C)c[nH]c1C. The van der Waals surface area contributed by atoms with Gasteiger partial charge < -0.3 is 14.5 Å². The molecule has 0 aliphatic carbocycles. The van der Waals surface area contributed by atoms with E-state index in [4.69, 9.17) is 9.47 Å². The van der Waals surface area contributed by atoms with Crippen LogP contribution in [0.1, 0.15) is 28.5 Å². The minimum atomic E-state index is -0.486. The van der Waals surface area contributed by atoms with E-state index in [1.54, 1.807) is 20.0 Å². The Kier molecular flexibility index (Phi) is 4.71. The molecule has 0 saturated heterocycles. The van der Waals surface area contributed by atoms with Gasteiger partial charge in [-0.2, -0.15) is 0 Å². The quantitative estimate of drug-likeness (QED) is 0.493. The Balaban J connectivity index is 2.39. The summed E-state index contributed by atoms with van der Waals surface area (Å²) < 4.78 is 9.82. The lowest BCUT2D eigenvalue weighted by molar-refractivity contribution is -0.140. The lowest BCUT2D eigenvalue weighted by Gasteiger charge is -2.06. The second-order valence-corrected chi connectivity index (χ2v) is 4.02. The lowest BCUT2D eigenvalue weighted by atomic mass is 10.2. The van der Waals surface area contributed by atoms with E-state index in [0.717, 1.165) is 11.3 Å². The molecule has 0 bridgehead atoms. The summed E-state index contributed by atoms with van der Waals surface area (Å²) in [5.74, 6) is -0.905. The molecule has 0 spiro atoms. The van der Waals surface area contributed by atoms with Gasteiger partial charge in [0, 0.05) is 17.5 Å². The van der Waals surface area contributed by atoms with Gasteiger partial charge in [-0.15, -0.1) is 0 Å². The van der Waals surface area contributed by atoms with E-state index in [-0.39, 0.29) is 13.2 Å². The van der Waals surface area contributed by atoms with Crippen LogP contribution in [-0.4, -0.2) is 30.1 Å². The van der Waals surface area contributed by atoms with Crippen LogP contribution in [0.25, 0.3) is 0 Å². The van der Waals surface area contributed by atoms with E-state index in [0.29, 0.717) is 11.1 Å². The van der Waals surface area contributed by atoms with Crippen LogP contribution >= 0.6 is 0 Å². The molecule has 0 aromatic carbocycles. The summed E-state index contributed by atoms with van der Waals surface area (Å²) in [4.78, 5) is 25.7. The molecule has 18 heavy (non-hydrogen) atoms. The Morgan fingerprint density at radius 2 is 1.89 bits per heavy atom. The van der Waals surface area contributed by atoms with E-state index in [1.807, 2.05) is 6.92 Å². The van der Waals surface area contributed by atoms with Crippen molar-refractivity contribution >= 4 is 11.9 Å². The van der Waals surface area contributed by atoms with Crippen LogP contribution in [0.15, 0.2) is 18.3 Å². The fraction of sp³-hybridized carbons (Fsp3) is 0.385. The Morgan fingerprint density at radius 3 is 2.39 bits per heavy atom. The average Bonchev–Trinajstić information content (AvgIpc) is 2.63. The van der Waals surface area contributed by atoms with Gasteiger partial charge in [-0.3, -0.25) is 0 Å². The third-order valence-corrected chi connectivity index (χ3v) is 2.38. The van der Waals surface area contributed by atoms with Crippen LogP contribution in [0.4, 0.5) is 0 Å². The van der Waals surface area contributed by atoms with Gasteiger partial charge in [0.15, 0.2) is 0 Å². The number of H-pyrrole nitrogens is 1. The first-order chi connectivity index (χ1) is 8.43. The fourth-order valence-corrected chi connectivity index (χ4v) is 1.43. The molecule has 0 aliphatic rings. The van der Waals surface area contributed by atoms with Crippen molar-refractivity contribution in [1.82, 2.24) is 4.98 Å². The zero-order valence-corrected chi connectivity index (χ0v) is 10.8. The van der Waals surface area contributed by atoms with Crippen LogP contribution < -0.4 is 0 Å². The first-order valence-electron chi connectivity index (χ1n) is 5.57. The normalized spacial score (nSPS) is 9.94. The molecule has 1 N–H and O–H groups in total. The third-order valence-electron chi connectivity index (χ3n) is 2.38. The molecule has 0 aliphatic heterocycles. The van der Waals surface area contributed by atoms with Crippen LogP contribution in [0.2, 0.25) is 0 Å². The molecule has 0 unspecified atom stereocenters. The van der Waals surface area contributed by atoms with Gasteiger partial charge in [-0.25, -0.2) is 9.59 Å². The second-order valence-electron chi connectivity index (χ2n) is 4.02. The van der Waals surface area contributed by atoms with Crippen molar-refractivity contribution in [3.05, 3.63) is 35.2 Å². The van der Waals surface area contributed by atoms with Crippen molar-refractivity contribution in [2.24, 2.45) is 0 Å². The molecule has 5 nitrogen and oxygen atoms in total. The predicted octanol–water partition coefficient (Wildman–Crippen LogP) is 1.91. The molecule has 0 fully saturated rings. The van der Waals surface area contributed by atoms with Crippen molar-refractivity contribution in [2.75, 3.05) is 13.2 Å². The molecule has 5 heteroatoms. The summed E-state index contributed by atoms with van der Waals surface area (Å²) in [5, 5.41) is 0. The Morgan fingerprint density at radius 1 is 1.28 bits per heavy atom. The maximum absolute atomic E-state index is 11.7. The van der Waals surface area contributed by atoms with Crippen molar-refractivity contribution in [3.63, 3.8) is 0 Å². The number of ether oxygens (including phenoxy) is 2. The number of hydrogen-bond acceptors (Lipinski definition) is 4. The number of nitrogens with one attached hydrogen (secondary N) is 1. The molecule has 1 aromatic rings. The highest BCUT2D eigenvalue weighted by Gasteiger charge is 2.15. The zero-order valence-electron chi connectivity index (χ0n) is 10.8. The summed E-state index contributed by atoms with van der Waals surface area (Å²) in [6.45, 7) is 8.68. The van der Waals surface area contributed by atoms with Gasteiger partial charge in [0.1, 0.15) is 13.2 Å². The van der Waals surface area contributed by atoms with Crippen LogP contribution in [0.5, 0.6) is 0 Å². The maximum Gasteiger partial charge on any atom is 0.340 e. The first kappa shape index (κ1) is 14.0. The molecule has 0 atom stereocenters. The number of aromatic nitrogens is 1. The van der Waals surface area contributed by atoms with E-state index >= 15 is 0 Å². The second kappa shape index (κ2) is 6.05. The van der Waals surface area contributed by atoms with Crippen LogP contribution in [0.3, 0.4) is 0 Å². The number of aryl methyl sites for hydroxylation is 2. The first-order valence-corrected chi connectivity index (χ1v) is 5.57. The molecule has 0 radical (unpaired) electrons. The fourth-order valence-electron chi connectivity index (χ4n) is 1.43. The molecule has 1 rings (SSSR count). The van der Waals surface area contributed by atoms with Gasteiger partial charge in [0.05, 0.1) is 5.56 Å². The summed E-state index contributed by atoms with van der Waals surface area (Å²) >= 11 is 0. The maximum atomic E-state index is 11.7. The van der Waals surface area contributed by atoms with Gasteiger partial charge in [0.2, 0.25) is 0 Å². The van der Waals surface area contributed by atoms with Crippen molar-refractivity contribution in [3.8, 4) is 0 Å². The summed E-state index contributed by atoms with van der Waals surface area (Å²) in [6, 6.07) is 0. The van der Waals surface area contributed by atoms with Crippen LogP contribution in [0, 0.1) is 13.8 Å². The zero-order chi connectivity index (χ0) is 13.7. The average molecular weight is 251 g/mol. The Bertz CT molecular complexity index is 454. The van der Waals surface area contributed by atoms with E-state index in [1.165, 1.54) is 0 Å². The van der Waals surface area contributed by atoms with Crippen molar-refractivity contribution < 1.29 is 19.1 Å². The molecule has 1 heterocycles. The molecule has 1 aromatic heterocycles. The van der Waals surface area contributed by atoms with Crippen molar-refractivity contribution in [1.29, 1.82) is 0 Å². The number of carbonyl (C=O) groups excluding carboxylic acids is 2. The largest absolute Gasteiger partial charge is 0.459 e. The third kappa shape index (κ3) is 3.48. The summed E-state index contributed by atoms with van der Waals surface area (Å²) in [5.41, 5.74) is 2.44. The van der Waals surface area contributed by atoms with Gasteiger partial charge in [-0.05, 0) is 26.3 Å². The summed E-state index contributed by atoms with van der Waals surface area (Å²) in [7, 11) is 0. The highest BCUT2D eigenvalue weighted by atomic mass is 16.6. The lowest BCUT2D eigenvalue weighted by Crippen LogP contribution is -2.15. The minimum absolute atomic E-state index is 0.0277. The van der Waals surface area contributed by atoms with E-state index in [2.05, 4.69) is 11.6 Å². The number of esters is 2. The standard InChI is InChI=1S/C13H17NO4/c1-8(2)12(15)17-5-6-18-13(16)11-9(3)7-14-10(11)4/h7,14H,1,5-6H2,2-4H3. The van der Waals surface area contributed by atoms with Gasteiger partial charge >= 0.3 is 11.9 Å². The summed E-state index contributed by atoms with van der Waals surface area (Å²) in [6.07, 6.45) is 1.74. The molecule has 98 valence electrons. The topological polar surface area (TPSA) is 68.4 Å². The van der Waals surface area contributed by atoms with Crippen LogP contribution in [-0.2, 0) is 14.3 Å². The molecule has 0 saturated carbocycles. The highest BCUT2D eigenvalue weighted by Crippen LogP contribution is 2.13. The Hall–Kier alpha value is -2.04.